The third kappa shape index (κ3) is 5.81. The zero-order valence-corrected chi connectivity index (χ0v) is 11.7. The third-order valence-electron chi connectivity index (χ3n) is 2.46. The van der Waals surface area contributed by atoms with Gasteiger partial charge in [-0.3, -0.25) is 0 Å². The summed E-state index contributed by atoms with van der Waals surface area (Å²) in [7, 11) is 0. The molecule has 1 N–H and O–H groups in total. The van der Waals surface area contributed by atoms with Crippen molar-refractivity contribution in [1.82, 2.24) is 5.32 Å². The molecule has 0 heterocycles. The minimum atomic E-state index is 0.484. The van der Waals surface area contributed by atoms with Gasteiger partial charge in [-0.05, 0) is 32.5 Å². The van der Waals surface area contributed by atoms with Gasteiger partial charge in [0.05, 0.1) is 0 Å². The summed E-state index contributed by atoms with van der Waals surface area (Å²) < 4.78 is 0. The van der Waals surface area contributed by atoms with E-state index in [1.54, 1.807) is 0 Å². The molecule has 0 aliphatic heterocycles. The second-order valence-corrected chi connectivity index (χ2v) is 5.11. The zero-order valence-electron chi connectivity index (χ0n) is 10.9. The Hall–Kier alpha value is -0.910. The highest BCUT2D eigenvalue weighted by Gasteiger charge is 2.06. The summed E-state index contributed by atoms with van der Waals surface area (Å²) in [6, 6.07) is 9.14. The van der Waals surface area contributed by atoms with Gasteiger partial charge in [0, 0.05) is 23.1 Å². The first-order valence-electron chi connectivity index (χ1n) is 6.08. The Kier molecular flexibility index (Phi) is 6.84. The van der Waals surface area contributed by atoms with Crippen LogP contribution in [0.3, 0.4) is 0 Å². The summed E-state index contributed by atoms with van der Waals surface area (Å²) in [5.41, 5.74) is 1.32. The quantitative estimate of drug-likeness (QED) is 0.610. The molecule has 1 atom stereocenters. The molecule has 0 amide bonds. The SMILES string of the molecule is CC#CCC(CSc1cccc(C)c1)NCC. The molecule has 1 aromatic carbocycles. The Morgan fingerprint density at radius 2 is 2.24 bits per heavy atom. The minimum absolute atomic E-state index is 0.484. The molecule has 0 aliphatic rings. The van der Waals surface area contributed by atoms with Gasteiger partial charge in [0.1, 0.15) is 0 Å². The van der Waals surface area contributed by atoms with E-state index in [0.717, 1.165) is 18.7 Å². The van der Waals surface area contributed by atoms with Crippen molar-refractivity contribution in [2.45, 2.75) is 38.1 Å². The molecule has 1 rings (SSSR count). The molecule has 0 spiro atoms. The van der Waals surface area contributed by atoms with E-state index >= 15 is 0 Å². The van der Waals surface area contributed by atoms with Crippen LogP contribution in [0.4, 0.5) is 0 Å². The normalized spacial score (nSPS) is 11.7. The molecular weight excluding hydrogens is 226 g/mol. The van der Waals surface area contributed by atoms with Crippen molar-refractivity contribution in [1.29, 1.82) is 0 Å². The van der Waals surface area contributed by atoms with Crippen molar-refractivity contribution in [2.24, 2.45) is 0 Å². The standard InChI is InChI=1S/C15H21NS/c1-4-6-9-14(16-5-2)12-17-15-10-7-8-13(3)11-15/h7-8,10-11,14,16H,5,9,12H2,1-3H3. The largest absolute Gasteiger partial charge is 0.312 e. The summed E-state index contributed by atoms with van der Waals surface area (Å²) in [4.78, 5) is 1.34. The van der Waals surface area contributed by atoms with Crippen LogP contribution in [0.15, 0.2) is 29.2 Å². The van der Waals surface area contributed by atoms with Gasteiger partial charge in [0.15, 0.2) is 0 Å². The van der Waals surface area contributed by atoms with E-state index in [-0.39, 0.29) is 0 Å². The lowest BCUT2D eigenvalue weighted by Gasteiger charge is -2.14. The lowest BCUT2D eigenvalue weighted by atomic mass is 10.2. The van der Waals surface area contributed by atoms with Gasteiger partial charge in [-0.2, -0.15) is 0 Å². The predicted octanol–water partition coefficient (Wildman–Crippen LogP) is 3.48. The summed E-state index contributed by atoms with van der Waals surface area (Å²) >= 11 is 1.90. The smallest absolute Gasteiger partial charge is 0.0271 e. The molecule has 0 fully saturated rings. The van der Waals surface area contributed by atoms with Crippen LogP contribution < -0.4 is 5.32 Å². The van der Waals surface area contributed by atoms with Crippen LogP contribution >= 0.6 is 11.8 Å². The van der Waals surface area contributed by atoms with Crippen LogP contribution in [-0.2, 0) is 0 Å². The van der Waals surface area contributed by atoms with Gasteiger partial charge in [-0.1, -0.05) is 24.6 Å². The van der Waals surface area contributed by atoms with Gasteiger partial charge < -0.3 is 5.32 Å². The maximum Gasteiger partial charge on any atom is 0.0271 e. The number of thioether (sulfide) groups is 1. The van der Waals surface area contributed by atoms with E-state index in [0.29, 0.717) is 6.04 Å². The second-order valence-electron chi connectivity index (χ2n) is 4.01. The highest BCUT2D eigenvalue weighted by atomic mass is 32.2. The molecule has 0 saturated heterocycles. The lowest BCUT2D eigenvalue weighted by molar-refractivity contribution is 0.588. The fourth-order valence-corrected chi connectivity index (χ4v) is 2.68. The number of hydrogen-bond donors (Lipinski definition) is 1. The summed E-state index contributed by atoms with van der Waals surface area (Å²) in [6.45, 7) is 7.18. The number of aryl methyl sites for hydroxylation is 1. The molecule has 17 heavy (non-hydrogen) atoms. The summed E-state index contributed by atoms with van der Waals surface area (Å²) in [5.74, 6) is 7.19. The average molecular weight is 247 g/mol. The Morgan fingerprint density at radius 1 is 1.41 bits per heavy atom. The first-order valence-corrected chi connectivity index (χ1v) is 7.07. The Balaban J connectivity index is 2.47. The van der Waals surface area contributed by atoms with Crippen LogP contribution in [0.1, 0.15) is 25.8 Å². The predicted molar refractivity (Wildman–Crippen MR) is 77.4 cm³/mol. The number of rotatable bonds is 6. The molecule has 2 heteroatoms. The molecule has 0 saturated carbocycles. The number of hydrogen-bond acceptors (Lipinski definition) is 2. The number of benzene rings is 1. The molecule has 1 unspecified atom stereocenters. The topological polar surface area (TPSA) is 12.0 Å². The van der Waals surface area contributed by atoms with E-state index in [9.17, 15) is 0 Å². The van der Waals surface area contributed by atoms with Crippen LogP contribution in [-0.4, -0.2) is 18.3 Å². The van der Waals surface area contributed by atoms with Crippen molar-refractivity contribution in [3.05, 3.63) is 29.8 Å². The maximum atomic E-state index is 3.48. The van der Waals surface area contributed by atoms with Gasteiger partial charge in [-0.25, -0.2) is 0 Å². The van der Waals surface area contributed by atoms with Gasteiger partial charge in [-0.15, -0.1) is 23.6 Å². The van der Waals surface area contributed by atoms with E-state index in [1.807, 2.05) is 18.7 Å². The Morgan fingerprint density at radius 3 is 2.88 bits per heavy atom. The minimum Gasteiger partial charge on any atom is -0.312 e. The van der Waals surface area contributed by atoms with Crippen LogP contribution in [0.2, 0.25) is 0 Å². The summed E-state index contributed by atoms with van der Waals surface area (Å²) in [6.07, 6.45) is 0.934. The first-order chi connectivity index (χ1) is 8.26. The fourth-order valence-electron chi connectivity index (χ4n) is 1.61. The van der Waals surface area contributed by atoms with Gasteiger partial charge in [0.25, 0.3) is 0 Å². The van der Waals surface area contributed by atoms with Crippen LogP contribution in [0.5, 0.6) is 0 Å². The Labute approximate surface area is 109 Å². The van der Waals surface area contributed by atoms with Crippen molar-refractivity contribution in [2.75, 3.05) is 12.3 Å². The third-order valence-corrected chi connectivity index (χ3v) is 3.62. The Bertz CT molecular complexity index is 389. The molecule has 0 aromatic heterocycles. The van der Waals surface area contributed by atoms with Crippen LogP contribution in [0.25, 0.3) is 0 Å². The average Bonchev–Trinajstić information content (AvgIpc) is 2.33. The highest BCUT2D eigenvalue weighted by molar-refractivity contribution is 7.99. The van der Waals surface area contributed by atoms with Crippen molar-refractivity contribution in [3.63, 3.8) is 0 Å². The van der Waals surface area contributed by atoms with E-state index < -0.39 is 0 Å². The molecule has 0 radical (unpaired) electrons. The second kappa shape index (κ2) is 8.22. The van der Waals surface area contributed by atoms with Crippen LogP contribution in [0, 0.1) is 18.8 Å². The molecule has 0 bridgehead atoms. The summed E-state index contributed by atoms with van der Waals surface area (Å²) in [5, 5.41) is 3.48. The highest BCUT2D eigenvalue weighted by Crippen LogP contribution is 2.20. The molecule has 92 valence electrons. The van der Waals surface area contributed by atoms with Gasteiger partial charge >= 0.3 is 0 Å². The number of nitrogens with one attached hydrogen (secondary N) is 1. The zero-order chi connectivity index (χ0) is 12.5. The van der Waals surface area contributed by atoms with E-state index in [1.165, 1.54) is 10.5 Å². The van der Waals surface area contributed by atoms with E-state index in [2.05, 4.69) is 55.3 Å². The van der Waals surface area contributed by atoms with Crippen molar-refractivity contribution in [3.8, 4) is 11.8 Å². The van der Waals surface area contributed by atoms with Crippen molar-refractivity contribution >= 4 is 11.8 Å². The first kappa shape index (κ1) is 14.2. The molecular formula is C15H21NS. The van der Waals surface area contributed by atoms with Gasteiger partial charge in [0.2, 0.25) is 0 Å². The maximum absolute atomic E-state index is 3.48. The van der Waals surface area contributed by atoms with Crippen molar-refractivity contribution < 1.29 is 0 Å². The fraction of sp³-hybridized carbons (Fsp3) is 0.467. The van der Waals surface area contributed by atoms with E-state index in [4.69, 9.17) is 0 Å². The lowest BCUT2D eigenvalue weighted by Crippen LogP contribution is -2.30. The molecule has 0 aliphatic carbocycles. The molecule has 1 aromatic rings. The monoisotopic (exact) mass is 247 g/mol. The molecule has 1 nitrogen and oxygen atoms in total.